The van der Waals surface area contributed by atoms with E-state index in [9.17, 15) is 9.59 Å². The van der Waals surface area contributed by atoms with Gasteiger partial charge in [-0.15, -0.1) is 11.3 Å². The van der Waals surface area contributed by atoms with Gasteiger partial charge < -0.3 is 10.2 Å². The zero-order valence-corrected chi connectivity index (χ0v) is 13.6. The van der Waals surface area contributed by atoms with Crippen LogP contribution in [0.4, 0.5) is 0 Å². The van der Waals surface area contributed by atoms with Gasteiger partial charge in [0.25, 0.3) is 0 Å². The van der Waals surface area contributed by atoms with Crippen LogP contribution in [-0.2, 0) is 9.59 Å². The lowest BCUT2D eigenvalue weighted by Crippen LogP contribution is -2.67. The van der Waals surface area contributed by atoms with Crippen molar-refractivity contribution in [3.63, 3.8) is 0 Å². The van der Waals surface area contributed by atoms with E-state index in [1.54, 1.807) is 37.0 Å². The van der Waals surface area contributed by atoms with E-state index < -0.39 is 11.6 Å². The topological polar surface area (TPSA) is 62.3 Å². The number of aromatic nitrogens is 1. The molecule has 0 bridgehead atoms. The summed E-state index contributed by atoms with van der Waals surface area (Å²) in [4.78, 5) is 31.8. The van der Waals surface area contributed by atoms with Gasteiger partial charge in [0.2, 0.25) is 11.8 Å². The third-order valence-electron chi connectivity index (χ3n) is 3.74. The molecule has 0 aromatic carbocycles. The molecule has 0 spiro atoms. The maximum absolute atomic E-state index is 12.6. The SMILES string of the molecule is Cc1nc(C)c(C(C)N2C(=O)C(C)(C)NC(=O)C2C)s1. The normalized spacial score (nSPS) is 23.7. The predicted octanol–water partition coefficient (Wildman–Crippen LogP) is 1.95. The number of amides is 2. The van der Waals surface area contributed by atoms with Gasteiger partial charge in [0.15, 0.2) is 0 Å². The maximum Gasteiger partial charge on any atom is 0.248 e. The molecule has 1 fully saturated rings. The van der Waals surface area contributed by atoms with Gasteiger partial charge in [-0.1, -0.05) is 0 Å². The van der Waals surface area contributed by atoms with Crippen molar-refractivity contribution in [2.24, 2.45) is 0 Å². The fourth-order valence-electron chi connectivity index (χ4n) is 2.66. The van der Waals surface area contributed by atoms with Crippen molar-refractivity contribution in [1.29, 1.82) is 0 Å². The number of nitrogens with one attached hydrogen (secondary N) is 1. The highest BCUT2D eigenvalue weighted by atomic mass is 32.1. The molecule has 0 aliphatic carbocycles. The zero-order valence-electron chi connectivity index (χ0n) is 12.8. The fraction of sp³-hybridized carbons (Fsp3) is 0.643. The number of hydrogen-bond acceptors (Lipinski definition) is 4. The van der Waals surface area contributed by atoms with Gasteiger partial charge in [0.05, 0.1) is 16.7 Å². The van der Waals surface area contributed by atoms with Crippen LogP contribution >= 0.6 is 11.3 Å². The maximum atomic E-state index is 12.6. The fourth-order valence-corrected chi connectivity index (χ4v) is 3.64. The smallest absolute Gasteiger partial charge is 0.248 e. The Labute approximate surface area is 123 Å². The minimum absolute atomic E-state index is 0.0532. The molecular weight excluding hydrogens is 274 g/mol. The van der Waals surface area contributed by atoms with Crippen molar-refractivity contribution in [3.8, 4) is 0 Å². The second-order valence-electron chi connectivity index (χ2n) is 5.86. The third kappa shape index (κ3) is 2.32. The Morgan fingerprint density at radius 1 is 1.35 bits per heavy atom. The molecule has 1 N–H and O–H groups in total. The lowest BCUT2D eigenvalue weighted by Gasteiger charge is -2.44. The van der Waals surface area contributed by atoms with Crippen LogP contribution in [0.15, 0.2) is 0 Å². The largest absolute Gasteiger partial charge is 0.340 e. The number of carbonyl (C=O) groups excluding carboxylic acids is 2. The van der Waals surface area contributed by atoms with Crippen LogP contribution in [0.1, 0.15) is 49.3 Å². The Kier molecular flexibility index (Phi) is 3.62. The van der Waals surface area contributed by atoms with Crippen molar-refractivity contribution in [2.45, 2.75) is 59.2 Å². The number of carbonyl (C=O) groups is 2. The molecule has 2 rings (SSSR count). The van der Waals surface area contributed by atoms with Gasteiger partial charge in [0, 0.05) is 4.88 Å². The molecule has 20 heavy (non-hydrogen) atoms. The van der Waals surface area contributed by atoms with E-state index in [1.807, 2.05) is 20.8 Å². The van der Waals surface area contributed by atoms with Crippen molar-refractivity contribution in [2.75, 3.05) is 0 Å². The Balaban J connectivity index is 2.40. The van der Waals surface area contributed by atoms with Crippen LogP contribution in [0.2, 0.25) is 0 Å². The Hall–Kier alpha value is -1.43. The Morgan fingerprint density at radius 3 is 2.45 bits per heavy atom. The Morgan fingerprint density at radius 2 is 1.95 bits per heavy atom. The van der Waals surface area contributed by atoms with E-state index >= 15 is 0 Å². The molecule has 2 heterocycles. The molecule has 1 aliphatic heterocycles. The monoisotopic (exact) mass is 295 g/mol. The highest BCUT2D eigenvalue weighted by molar-refractivity contribution is 7.11. The number of hydrogen-bond donors (Lipinski definition) is 1. The van der Waals surface area contributed by atoms with Gasteiger partial charge in [-0.25, -0.2) is 4.98 Å². The number of aryl methyl sites for hydroxylation is 2. The standard InChI is InChI=1S/C14H21N3O2S/c1-7-11(20-10(4)15-7)8(2)17-9(3)12(18)16-14(5,6)13(17)19/h8-9H,1-6H3,(H,16,18). The second kappa shape index (κ2) is 4.84. The van der Waals surface area contributed by atoms with E-state index in [2.05, 4.69) is 10.3 Å². The van der Waals surface area contributed by atoms with Crippen LogP contribution in [0.25, 0.3) is 0 Å². The molecule has 5 nitrogen and oxygen atoms in total. The lowest BCUT2D eigenvalue weighted by atomic mass is 9.95. The number of nitrogens with zero attached hydrogens (tertiary/aromatic N) is 2. The summed E-state index contributed by atoms with van der Waals surface area (Å²) in [6.07, 6.45) is 0. The van der Waals surface area contributed by atoms with E-state index in [0.717, 1.165) is 15.6 Å². The molecule has 1 saturated heterocycles. The van der Waals surface area contributed by atoms with Crippen LogP contribution in [-0.4, -0.2) is 33.3 Å². The average Bonchev–Trinajstić information content (AvgIpc) is 2.66. The van der Waals surface area contributed by atoms with Crippen molar-refractivity contribution >= 4 is 23.2 Å². The zero-order chi connectivity index (χ0) is 15.2. The number of thiazole rings is 1. The van der Waals surface area contributed by atoms with Gasteiger partial charge in [-0.05, 0) is 41.5 Å². The summed E-state index contributed by atoms with van der Waals surface area (Å²) in [5, 5.41) is 3.75. The molecule has 6 heteroatoms. The minimum Gasteiger partial charge on any atom is -0.340 e. The molecule has 1 aromatic heterocycles. The molecule has 2 amide bonds. The summed E-state index contributed by atoms with van der Waals surface area (Å²) in [5.74, 6) is -0.164. The van der Waals surface area contributed by atoms with E-state index in [-0.39, 0.29) is 17.9 Å². The average molecular weight is 295 g/mol. The van der Waals surface area contributed by atoms with Gasteiger partial charge in [-0.3, -0.25) is 9.59 Å². The summed E-state index contributed by atoms with van der Waals surface area (Å²) in [5.41, 5.74) is 0.0784. The van der Waals surface area contributed by atoms with Crippen LogP contribution < -0.4 is 5.32 Å². The first-order chi connectivity index (χ1) is 9.15. The van der Waals surface area contributed by atoms with Crippen molar-refractivity contribution in [3.05, 3.63) is 15.6 Å². The minimum atomic E-state index is -0.856. The highest BCUT2D eigenvalue weighted by Gasteiger charge is 2.45. The molecule has 1 aromatic rings. The molecule has 110 valence electrons. The summed E-state index contributed by atoms with van der Waals surface area (Å²) in [6, 6.07) is -0.610. The predicted molar refractivity (Wildman–Crippen MR) is 78.5 cm³/mol. The molecule has 2 unspecified atom stereocenters. The quantitative estimate of drug-likeness (QED) is 0.907. The third-order valence-corrected chi connectivity index (χ3v) is 4.98. The molecule has 0 radical (unpaired) electrons. The first-order valence-electron chi connectivity index (χ1n) is 6.74. The van der Waals surface area contributed by atoms with Gasteiger partial charge in [0.1, 0.15) is 11.6 Å². The molecule has 2 atom stereocenters. The summed E-state index contributed by atoms with van der Waals surface area (Å²) in [6.45, 7) is 11.1. The first kappa shape index (κ1) is 15.0. The molecular formula is C14H21N3O2S. The van der Waals surface area contributed by atoms with E-state index in [4.69, 9.17) is 0 Å². The highest BCUT2D eigenvalue weighted by Crippen LogP contribution is 2.33. The number of rotatable bonds is 2. The van der Waals surface area contributed by atoms with Gasteiger partial charge >= 0.3 is 0 Å². The summed E-state index contributed by atoms with van der Waals surface area (Å²) >= 11 is 1.58. The van der Waals surface area contributed by atoms with Crippen LogP contribution in [0, 0.1) is 13.8 Å². The van der Waals surface area contributed by atoms with E-state index in [1.165, 1.54) is 0 Å². The van der Waals surface area contributed by atoms with Crippen molar-refractivity contribution < 1.29 is 9.59 Å². The molecule has 0 saturated carbocycles. The second-order valence-corrected chi connectivity index (χ2v) is 7.10. The van der Waals surface area contributed by atoms with Gasteiger partial charge in [-0.2, -0.15) is 0 Å². The first-order valence-corrected chi connectivity index (χ1v) is 7.55. The molecule has 1 aliphatic rings. The van der Waals surface area contributed by atoms with Crippen LogP contribution in [0.3, 0.4) is 0 Å². The van der Waals surface area contributed by atoms with Crippen molar-refractivity contribution in [1.82, 2.24) is 15.2 Å². The summed E-state index contributed by atoms with van der Waals surface area (Å²) in [7, 11) is 0. The lowest BCUT2D eigenvalue weighted by molar-refractivity contribution is -0.155. The Bertz CT molecular complexity index is 565. The van der Waals surface area contributed by atoms with E-state index in [0.29, 0.717) is 0 Å². The van der Waals surface area contributed by atoms with Crippen LogP contribution in [0.5, 0.6) is 0 Å². The summed E-state index contributed by atoms with van der Waals surface area (Å²) < 4.78 is 0. The number of piperazine rings is 1.